The Labute approximate surface area is 116 Å². The Kier molecular flexibility index (Phi) is 4.35. The number of nitrogens with two attached hydrogens (primary N) is 1. The van der Waals surface area contributed by atoms with Crippen LogP contribution in [0.1, 0.15) is 26.2 Å². The van der Waals surface area contributed by atoms with Crippen molar-refractivity contribution >= 4 is 30.2 Å². The summed E-state index contributed by atoms with van der Waals surface area (Å²) in [6.07, 6.45) is 5.03. The van der Waals surface area contributed by atoms with Crippen LogP contribution in [-0.2, 0) is 4.79 Å². The van der Waals surface area contributed by atoms with E-state index < -0.39 is 17.7 Å². The summed E-state index contributed by atoms with van der Waals surface area (Å²) in [6.45, 7) is 2.19. The smallest absolute Gasteiger partial charge is 0.320 e. The zero-order chi connectivity index (χ0) is 14.6. The predicted molar refractivity (Wildman–Crippen MR) is 77.7 cm³/mol. The van der Waals surface area contributed by atoms with E-state index in [0.717, 1.165) is 12.8 Å². The lowest BCUT2D eigenvalue weighted by Gasteiger charge is -2.28. The Balaban J connectivity index is 2.00. The number of amidine groups is 1. The minimum absolute atomic E-state index is 0.172. The summed E-state index contributed by atoms with van der Waals surface area (Å²) in [5.74, 6) is -0.454. The molecule has 2 atom stereocenters. The van der Waals surface area contributed by atoms with Crippen LogP contribution in [0.3, 0.4) is 0 Å². The van der Waals surface area contributed by atoms with E-state index in [4.69, 9.17) is 5.73 Å². The Morgan fingerprint density at radius 2 is 2.30 bits per heavy atom. The molecule has 0 amide bonds. The van der Waals surface area contributed by atoms with E-state index in [1.807, 2.05) is 6.92 Å². The highest BCUT2D eigenvalue weighted by Gasteiger charge is 2.38. The summed E-state index contributed by atoms with van der Waals surface area (Å²) in [6, 6.07) is -0.643. The van der Waals surface area contributed by atoms with Crippen LogP contribution in [0.4, 0.5) is 0 Å². The zero-order valence-electron chi connectivity index (χ0n) is 11.3. The van der Waals surface area contributed by atoms with E-state index >= 15 is 0 Å². The van der Waals surface area contributed by atoms with Crippen LogP contribution in [0, 0.1) is 0 Å². The summed E-state index contributed by atoms with van der Waals surface area (Å²) >= 11 is 0. The summed E-state index contributed by atoms with van der Waals surface area (Å²) < 4.78 is 0. The third kappa shape index (κ3) is 2.97. The Morgan fingerprint density at radius 3 is 3.00 bits per heavy atom. The number of carboxylic acids is 1. The second kappa shape index (κ2) is 6.02. The van der Waals surface area contributed by atoms with Gasteiger partial charge in [0.2, 0.25) is 0 Å². The average Bonchev–Trinajstić information content (AvgIpc) is 2.88. The molecular weight excluding hydrogens is 260 g/mol. The molecule has 0 fully saturated rings. The topological polar surface area (TPSA) is 125 Å². The van der Waals surface area contributed by atoms with Gasteiger partial charge in [0, 0.05) is 6.54 Å². The number of aliphatic carboxylic acids is 1. The minimum atomic E-state index is -1.12. The molecule has 20 heavy (non-hydrogen) atoms. The molecule has 0 aromatic carbocycles. The van der Waals surface area contributed by atoms with Crippen molar-refractivity contribution in [3.63, 3.8) is 0 Å². The van der Waals surface area contributed by atoms with Gasteiger partial charge >= 0.3 is 5.97 Å². The number of hydrogen-bond acceptors (Lipinski definition) is 7. The minimum Gasteiger partial charge on any atom is -0.480 e. The molecule has 2 aliphatic rings. The van der Waals surface area contributed by atoms with Gasteiger partial charge in [0.1, 0.15) is 24.4 Å². The molecule has 0 bridgehead atoms. The van der Waals surface area contributed by atoms with Gasteiger partial charge < -0.3 is 16.2 Å². The largest absolute Gasteiger partial charge is 0.480 e. The van der Waals surface area contributed by atoms with Gasteiger partial charge in [-0.25, -0.2) is 20.0 Å². The maximum atomic E-state index is 11.2. The number of nitrogens with zero attached hydrogens (tertiary/aromatic N) is 4. The SMILES string of the molecule is CCCCC(NCC1(N)N=CN=C2N=CN=C21)C(=O)O. The maximum absolute atomic E-state index is 11.2. The quantitative estimate of drug-likeness (QED) is 0.596. The Morgan fingerprint density at radius 1 is 1.50 bits per heavy atom. The lowest BCUT2D eigenvalue weighted by atomic mass is 10.0. The highest BCUT2D eigenvalue weighted by molar-refractivity contribution is 6.50. The van der Waals surface area contributed by atoms with Crippen molar-refractivity contribution in [3.05, 3.63) is 0 Å². The highest BCUT2D eigenvalue weighted by Crippen LogP contribution is 2.15. The van der Waals surface area contributed by atoms with Gasteiger partial charge in [-0.3, -0.25) is 4.79 Å². The zero-order valence-corrected chi connectivity index (χ0v) is 11.3. The molecule has 0 aromatic rings. The van der Waals surface area contributed by atoms with Crippen molar-refractivity contribution in [1.82, 2.24) is 5.32 Å². The van der Waals surface area contributed by atoms with Crippen LogP contribution in [0.25, 0.3) is 0 Å². The number of nitrogens with one attached hydrogen (secondary N) is 1. The van der Waals surface area contributed by atoms with Crippen LogP contribution in [0.5, 0.6) is 0 Å². The molecule has 0 aromatic heterocycles. The summed E-state index contributed by atoms with van der Waals surface area (Å²) in [7, 11) is 0. The van der Waals surface area contributed by atoms with E-state index in [1.165, 1.54) is 12.7 Å². The number of carbonyl (C=O) groups is 1. The average molecular weight is 278 g/mol. The van der Waals surface area contributed by atoms with E-state index in [9.17, 15) is 9.90 Å². The number of fused-ring (bicyclic) bond motifs is 1. The molecule has 0 radical (unpaired) electrons. The van der Waals surface area contributed by atoms with Crippen LogP contribution in [-0.4, -0.2) is 53.5 Å². The van der Waals surface area contributed by atoms with Gasteiger partial charge in [-0.15, -0.1) is 0 Å². The van der Waals surface area contributed by atoms with Crippen molar-refractivity contribution < 1.29 is 9.90 Å². The van der Waals surface area contributed by atoms with Crippen molar-refractivity contribution in [2.45, 2.75) is 37.9 Å². The molecule has 8 heteroatoms. The molecular formula is C12H18N6O2. The third-order valence-electron chi connectivity index (χ3n) is 3.22. The fourth-order valence-corrected chi connectivity index (χ4v) is 2.04. The fraction of sp³-hybridized carbons (Fsp3) is 0.583. The molecule has 0 aliphatic carbocycles. The summed E-state index contributed by atoms with van der Waals surface area (Å²) in [4.78, 5) is 27.3. The first-order chi connectivity index (χ1) is 9.57. The Hall–Kier alpha value is -1.93. The van der Waals surface area contributed by atoms with Crippen molar-refractivity contribution in [2.24, 2.45) is 25.7 Å². The normalized spacial score (nSPS) is 25.1. The van der Waals surface area contributed by atoms with E-state index in [1.54, 1.807) is 0 Å². The number of hydrogen-bond donors (Lipinski definition) is 3. The predicted octanol–water partition coefficient (Wildman–Crippen LogP) is -0.202. The monoisotopic (exact) mass is 278 g/mol. The maximum Gasteiger partial charge on any atom is 0.320 e. The van der Waals surface area contributed by atoms with Gasteiger partial charge in [0.15, 0.2) is 11.5 Å². The second-order valence-electron chi connectivity index (χ2n) is 4.76. The lowest BCUT2D eigenvalue weighted by Crippen LogP contribution is -2.58. The van der Waals surface area contributed by atoms with Gasteiger partial charge in [-0.05, 0) is 6.42 Å². The first-order valence-electron chi connectivity index (χ1n) is 6.54. The van der Waals surface area contributed by atoms with Gasteiger partial charge in [0.25, 0.3) is 0 Å². The standard InChI is InChI=1S/C12H18N6O2/c1-2-3-4-8(11(19)20)14-5-12(13)9-10(16-6-15-9)17-7-18-12/h6-8,14H,2-5,13H2,1H3,(H,19,20). The van der Waals surface area contributed by atoms with E-state index in [-0.39, 0.29) is 6.54 Å². The first-order valence-corrected chi connectivity index (χ1v) is 6.54. The second-order valence-corrected chi connectivity index (χ2v) is 4.76. The number of aliphatic imine (C=N–C) groups is 4. The first kappa shape index (κ1) is 14.5. The molecule has 4 N–H and O–H groups in total. The highest BCUT2D eigenvalue weighted by atomic mass is 16.4. The van der Waals surface area contributed by atoms with Crippen molar-refractivity contribution in [1.29, 1.82) is 0 Å². The van der Waals surface area contributed by atoms with Crippen LogP contribution >= 0.6 is 0 Å². The summed E-state index contributed by atoms with van der Waals surface area (Å²) in [5, 5.41) is 12.1. The molecule has 8 nitrogen and oxygen atoms in total. The molecule has 108 valence electrons. The number of carboxylic acid groups (broad SMARTS) is 1. The summed E-state index contributed by atoms with van der Waals surface area (Å²) in [5.41, 5.74) is 5.52. The van der Waals surface area contributed by atoms with E-state index in [2.05, 4.69) is 25.3 Å². The lowest BCUT2D eigenvalue weighted by molar-refractivity contribution is -0.139. The molecule has 2 heterocycles. The van der Waals surface area contributed by atoms with Crippen LogP contribution < -0.4 is 11.1 Å². The van der Waals surface area contributed by atoms with Crippen molar-refractivity contribution in [3.8, 4) is 0 Å². The number of rotatable bonds is 7. The number of unbranched alkanes of at least 4 members (excludes halogenated alkanes) is 1. The van der Waals surface area contributed by atoms with Gasteiger partial charge in [0.05, 0.1) is 0 Å². The van der Waals surface area contributed by atoms with Crippen LogP contribution in [0.15, 0.2) is 20.0 Å². The molecule has 0 saturated carbocycles. The molecule has 0 saturated heterocycles. The third-order valence-corrected chi connectivity index (χ3v) is 3.22. The van der Waals surface area contributed by atoms with Gasteiger partial charge in [-0.2, -0.15) is 0 Å². The molecule has 2 rings (SSSR count). The van der Waals surface area contributed by atoms with Crippen LogP contribution in [0.2, 0.25) is 0 Å². The van der Waals surface area contributed by atoms with E-state index in [0.29, 0.717) is 18.0 Å². The molecule has 2 unspecified atom stereocenters. The molecule has 2 aliphatic heterocycles. The van der Waals surface area contributed by atoms with Crippen molar-refractivity contribution in [2.75, 3.05) is 6.54 Å². The Bertz CT molecular complexity index is 510. The molecule has 0 spiro atoms. The van der Waals surface area contributed by atoms with Gasteiger partial charge in [-0.1, -0.05) is 19.8 Å². The fourth-order valence-electron chi connectivity index (χ4n) is 2.04.